The molecule has 2 nitrogen and oxygen atoms in total. The van der Waals surface area contributed by atoms with E-state index in [1.165, 1.54) is 11.8 Å². The Hall–Kier alpha value is -0.310. The highest BCUT2D eigenvalue weighted by molar-refractivity contribution is 8.13. The van der Waals surface area contributed by atoms with Crippen molar-refractivity contribution in [3.8, 4) is 0 Å². The van der Waals surface area contributed by atoms with E-state index in [0.29, 0.717) is 10.9 Å². The molecular weight excluding hydrogens is 232 g/mol. The highest BCUT2D eigenvalue weighted by Gasteiger charge is 2.54. The van der Waals surface area contributed by atoms with E-state index in [9.17, 15) is 9.59 Å². The Kier molecular flexibility index (Phi) is 3.41. The number of thioether (sulfide) groups is 1. The summed E-state index contributed by atoms with van der Waals surface area (Å²) >= 11 is 1.37. The first kappa shape index (κ1) is 13.1. The van der Waals surface area contributed by atoms with Crippen molar-refractivity contribution in [3.63, 3.8) is 0 Å². The SMILES string of the molecule is CSC(=O)C12CCC(C(=O)C(C)C)(CC1)CC2. The summed E-state index contributed by atoms with van der Waals surface area (Å²) in [5.41, 5.74) is -0.160. The zero-order valence-electron chi connectivity index (χ0n) is 11.0. The first-order chi connectivity index (χ1) is 7.96. The maximum absolute atomic E-state index is 12.3. The number of carbonyl (C=O) groups is 2. The number of rotatable bonds is 3. The summed E-state index contributed by atoms with van der Waals surface area (Å²) in [6, 6.07) is 0. The van der Waals surface area contributed by atoms with Crippen molar-refractivity contribution < 1.29 is 9.59 Å². The fraction of sp³-hybridized carbons (Fsp3) is 0.857. The van der Waals surface area contributed by atoms with Crippen molar-refractivity contribution in [1.82, 2.24) is 0 Å². The molecule has 0 unspecified atom stereocenters. The molecule has 0 aromatic heterocycles. The number of carbonyl (C=O) groups excluding carboxylic acids is 2. The van der Waals surface area contributed by atoms with Crippen molar-refractivity contribution in [2.24, 2.45) is 16.7 Å². The molecule has 0 aliphatic heterocycles. The van der Waals surface area contributed by atoms with Crippen molar-refractivity contribution in [3.05, 3.63) is 0 Å². The Balaban J connectivity index is 2.15. The van der Waals surface area contributed by atoms with E-state index >= 15 is 0 Å². The quantitative estimate of drug-likeness (QED) is 0.773. The minimum Gasteiger partial charge on any atom is -0.299 e. The van der Waals surface area contributed by atoms with Crippen LogP contribution in [-0.4, -0.2) is 17.2 Å². The number of hydrogen-bond donors (Lipinski definition) is 0. The molecule has 0 radical (unpaired) electrons. The van der Waals surface area contributed by atoms with Gasteiger partial charge < -0.3 is 0 Å². The summed E-state index contributed by atoms with van der Waals surface area (Å²) in [6.07, 6.45) is 7.51. The van der Waals surface area contributed by atoms with Gasteiger partial charge in [0.05, 0.1) is 0 Å². The van der Waals surface area contributed by atoms with Crippen molar-refractivity contribution in [2.45, 2.75) is 52.4 Å². The Morgan fingerprint density at radius 1 is 0.941 bits per heavy atom. The lowest BCUT2D eigenvalue weighted by Gasteiger charge is -2.52. The van der Waals surface area contributed by atoms with Gasteiger partial charge in [-0.3, -0.25) is 9.59 Å². The number of Topliss-reactive ketones (excluding diaryl/α,β-unsaturated/α-hetero) is 1. The molecule has 2 bridgehead atoms. The number of hydrogen-bond acceptors (Lipinski definition) is 3. The Morgan fingerprint density at radius 2 is 1.35 bits per heavy atom. The van der Waals surface area contributed by atoms with E-state index < -0.39 is 0 Å². The topological polar surface area (TPSA) is 34.1 Å². The van der Waals surface area contributed by atoms with Gasteiger partial charge in [0, 0.05) is 16.7 Å². The van der Waals surface area contributed by atoms with E-state index in [1.54, 1.807) is 0 Å². The third-order valence-electron chi connectivity index (χ3n) is 4.91. The Labute approximate surface area is 108 Å². The van der Waals surface area contributed by atoms with Crippen LogP contribution in [0.4, 0.5) is 0 Å². The van der Waals surface area contributed by atoms with Gasteiger partial charge in [0.25, 0.3) is 0 Å². The molecule has 0 amide bonds. The molecule has 0 atom stereocenters. The molecule has 0 saturated heterocycles. The van der Waals surface area contributed by atoms with Crippen LogP contribution in [0.5, 0.6) is 0 Å². The van der Waals surface area contributed by atoms with Gasteiger partial charge in [0.1, 0.15) is 5.78 Å². The van der Waals surface area contributed by atoms with Crippen molar-refractivity contribution in [2.75, 3.05) is 6.26 Å². The summed E-state index contributed by atoms with van der Waals surface area (Å²) < 4.78 is 0. The van der Waals surface area contributed by atoms with Gasteiger partial charge in [-0.15, -0.1) is 0 Å². The summed E-state index contributed by atoms with van der Waals surface area (Å²) in [5.74, 6) is 0.569. The minimum atomic E-state index is -0.0849. The fourth-order valence-electron chi connectivity index (χ4n) is 3.69. The highest BCUT2D eigenvalue weighted by atomic mass is 32.2. The Bertz CT molecular complexity index is 322. The molecule has 0 N–H and O–H groups in total. The predicted octanol–water partition coefficient (Wildman–Crippen LogP) is 3.44. The van der Waals surface area contributed by atoms with Gasteiger partial charge in [-0.2, -0.15) is 0 Å². The molecule has 3 rings (SSSR count). The zero-order chi connectivity index (χ0) is 12.7. The molecule has 3 heteroatoms. The molecule has 0 aromatic rings. The predicted molar refractivity (Wildman–Crippen MR) is 70.9 cm³/mol. The van der Waals surface area contributed by atoms with Gasteiger partial charge in [0.2, 0.25) is 0 Å². The molecule has 0 aromatic carbocycles. The van der Waals surface area contributed by atoms with Crippen LogP contribution >= 0.6 is 11.8 Å². The molecule has 3 fully saturated rings. The largest absolute Gasteiger partial charge is 0.299 e. The Morgan fingerprint density at radius 3 is 1.71 bits per heavy atom. The van der Waals surface area contributed by atoms with Gasteiger partial charge >= 0.3 is 0 Å². The molecule has 3 aliphatic carbocycles. The smallest absolute Gasteiger partial charge is 0.194 e. The lowest BCUT2D eigenvalue weighted by atomic mass is 9.52. The van der Waals surface area contributed by atoms with Gasteiger partial charge in [-0.1, -0.05) is 25.6 Å². The van der Waals surface area contributed by atoms with Crippen LogP contribution < -0.4 is 0 Å². The second-order valence-electron chi connectivity index (χ2n) is 6.07. The van der Waals surface area contributed by atoms with Crippen LogP contribution in [0.25, 0.3) is 0 Å². The van der Waals surface area contributed by atoms with Crippen LogP contribution in [0.15, 0.2) is 0 Å². The summed E-state index contributed by atoms with van der Waals surface area (Å²) in [4.78, 5) is 24.4. The first-order valence-electron chi connectivity index (χ1n) is 6.59. The first-order valence-corrected chi connectivity index (χ1v) is 7.81. The standard InChI is InChI=1S/C14H22O2S/c1-10(2)11(15)13-4-7-14(8-5-13,9-6-13)12(16)17-3/h10H,4-9H2,1-3H3. The second-order valence-corrected chi connectivity index (χ2v) is 6.85. The molecule has 3 aliphatic rings. The maximum atomic E-state index is 12.3. The second kappa shape index (κ2) is 4.42. The molecule has 17 heavy (non-hydrogen) atoms. The van der Waals surface area contributed by atoms with E-state index in [0.717, 1.165) is 38.5 Å². The van der Waals surface area contributed by atoms with Crippen LogP contribution in [0.1, 0.15) is 52.4 Å². The third-order valence-corrected chi connectivity index (χ3v) is 5.72. The lowest BCUT2D eigenvalue weighted by Crippen LogP contribution is -2.49. The van der Waals surface area contributed by atoms with E-state index in [4.69, 9.17) is 0 Å². The molecule has 0 spiro atoms. The summed E-state index contributed by atoms with van der Waals surface area (Å²) in [6.45, 7) is 4.00. The minimum absolute atomic E-state index is 0.0748. The van der Waals surface area contributed by atoms with Crippen molar-refractivity contribution >= 4 is 22.7 Å². The van der Waals surface area contributed by atoms with Gasteiger partial charge in [-0.05, 0) is 44.8 Å². The maximum Gasteiger partial charge on any atom is 0.194 e. The molecule has 3 saturated carbocycles. The normalized spacial score (nSPS) is 36.2. The average Bonchev–Trinajstić information content (AvgIpc) is 2.38. The summed E-state index contributed by atoms with van der Waals surface area (Å²) in [5, 5.41) is 0.350. The molecule has 0 heterocycles. The monoisotopic (exact) mass is 254 g/mol. The third kappa shape index (κ3) is 1.96. The van der Waals surface area contributed by atoms with Gasteiger partial charge in [0.15, 0.2) is 5.12 Å². The van der Waals surface area contributed by atoms with Crippen LogP contribution in [0.3, 0.4) is 0 Å². The zero-order valence-corrected chi connectivity index (χ0v) is 11.9. The summed E-state index contributed by atoms with van der Waals surface area (Å²) in [7, 11) is 0. The van der Waals surface area contributed by atoms with Crippen LogP contribution in [-0.2, 0) is 9.59 Å². The lowest BCUT2D eigenvalue weighted by molar-refractivity contribution is -0.146. The molecular formula is C14H22O2S. The molecule has 96 valence electrons. The van der Waals surface area contributed by atoms with Crippen LogP contribution in [0.2, 0.25) is 0 Å². The van der Waals surface area contributed by atoms with Gasteiger partial charge in [-0.25, -0.2) is 0 Å². The van der Waals surface area contributed by atoms with Crippen LogP contribution in [0, 0.1) is 16.7 Å². The number of fused-ring (bicyclic) bond motifs is 3. The number of ketones is 1. The fourth-order valence-corrected chi connectivity index (χ4v) is 4.43. The van der Waals surface area contributed by atoms with Crippen molar-refractivity contribution in [1.29, 1.82) is 0 Å². The van der Waals surface area contributed by atoms with E-state index in [-0.39, 0.29) is 16.7 Å². The average molecular weight is 254 g/mol. The highest BCUT2D eigenvalue weighted by Crippen LogP contribution is 2.59. The van der Waals surface area contributed by atoms with E-state index in [2.05, 4.69) is 0 Å². The van der Waals surface area contributed by atoms with E-state index in [1.807, 2.05) is 20.1 Å².